The molecule has 0 radical (unpaired) electrons. The van der Waals surface area contributed by atoms with Gasteiger partial charge in [-0.25, -0.2) is 18.4 Å². The lowest BCUT2D eigenvalue weighted by molar-refractivity contribution is 0.170. The van der Waals surface area contributed by atoms with Crippen molar-refractivity contribution in [2.75, 3.05) is 40.3 Å². The van der Waals surface area contributed by atoms with Crippen molar-refractivity contribution in [3.63, 3.8) is 0 Å². The summed E-state index contributed by atoms with van der Waals surface area (Å²) in [5.74, 6) is 0.725. The predicted octanol–water partition coefficient (Wildman–Crippen LogP) is 1.42. The summed E-state index contributed by atoms with van der Waals surface area (Å²) in [6.45, 7) is 4.09. The van der Waals surface area contributed by atoms with Crippen LogP contribution in [0, 0.1) is 0 Å². The number of aliphatic hydroxyl groups is 1. The van der Waals surface area contributed by atoms with E-state index in [-0.39, 0.29) is 10.7 Å². The SMILES string of the molecule is CCC(O)c1nc(-c2cc(S(=O)(=O)N3CCN(C)CC3)ccc2OC)nc2cnn(C)c12. The standard InChI is InChI=1S/C21H28N6O4S/c1-5-17(28)19-20-16(13-22-26(20)3)23-21(24-19)15-12-14(6-7-18(15)31-4)32(29,30)27-10-8-25(2)9-11-27/h6-7,12-13,17,28H,5,8-11H2,1-4H3. The molecule has 172 valence electrons. The van der Waals surface area contributed by atoms with Gasteiger partial charge in [-0.15, -0.1) is 0 Å². The van der Waals surface area contributed by atoms with Crippen LogP contribution in [0.5, 0.6) is 5.75 Å². The van der Waals surface area contributed by atoms with E-state index in [1.807, 2.05) is 14.0 Å². The fourth-order valence-electron chi connectivity index (χ4n) is 3.86. The number of hydrogen-bond acceptors (Lipinski definition) is 8. The van der Waals surface area contributed by atoms with Crippen molar-refractivity contribution in [3.8, 4) is 17.1 Å². The lowest BCUT2D eigenvalue weighted by Gasteiger charge is -2.31. The zero-order valence-electron chi connectivity index (χ0n) is 18.7. The van der Waals surface area contributed by atoms with Crippen molar-refractivity contribution in [1.82, 2.24) is 29.0 Å². The van der Waals surface area contributed by atoms with Gasteiger partial charge in [0, 0.05) is 33.2 Å². The minimum absolute atomic E-state index is 0.158. The van der Waals surface area contributed by atoms with Gasteiger partial charge >= 0.3 is 0 Å². The van der Waals surface area contributed by atoms with E-state index in [4.69, 9.17) is 4.74 Å². The van der Waals surface area contributed by atoms with Gasteiger partial charge in [0.2, 0.25) is 10.0 Å². The molecule has 4 rings (SSSR count). The topological polar surface area (TPSA) is 114 Å². The normalized spacial score (nSPS) is 17.0. The van der Waals surface area contributed by atoms with E-state index in [0.717, 1.165) is 0 Å². The molecule has 10 nitrogen and oxygen atoms in total. The number of fused-ring (bicyclic) bond motifs is 1. The van der Waals surface area contributed by atoms with E-state index in [2.05, 4.69) is 20.0 Å². The zero-order valence-corrected chi connectivity index (χ0v) is 19.5. The van der Waals surface area contributed by atoms with Crippen molar-refractivity contribution in [2.24, 2.45) is 7.05 Å². The van der Waals surface area contributed by atoms with Crippen LogP contribution in [0.25, 0.3) is 22.4 Å². The highest BCUT2D eigenvalue weighted by Crippen LogP contribution is 2.34. The van der Waals surface area contributed by atoms with Crippen LogP contribution in [0.1, 0.15) is 25.1 Å². The number of benzene rings is 1. The third-order valence-electron chi connectivity index (χ3n) is 5.83. The lowest BCUT2D eigenvalue weighted by Crippen LogP contribution is -2.47. The second-order valence-corrected chi connectivity index (χ2v) is 9.87. The second kappa shape index (κ2) is 8.74. The molecular weight excluding hydrogens is 432 g/mol. The summed E-state index contributed by atoms with van der Waals surface area (Å²) in [4.78, 5) is 11.5. The molecule has 0 saturated carbocycles. The highest BCUT2D eigenvalue weighted by atomic mass is 32.2. The molecule has 11 heteroatoms. The summed E-state index contributed by atoms with van der Waals surface area (Å²) in [5, 5.41) is 14.8. The Bertz CT molecular complexity index is 1230. The van der Waals surface area contributed by atoms with Crippen molar-refractivity contribution in [3.05, 3.63) is 30.1 Å². The molecule has 0 amide bonds. The van der Waals surface area contributed by atoms with Gasteiger partial charge < -0.3 is 14.7 Å². The minimum atomic E-state index is -3.68. The van der Waals surface area contributed by atoms with Crippen molar-refractivity contribution in [1.29, 1.82) is 0 Å². The number of methoxy groups -OCH3 is 1. The van der Waals surface area contributed by atoms with Gasteiger partial charge in [-0.1, -0.05) is 6.92 Å². The summed E-state index contributed by atoms with van der Waals surface area (Å²) < 4.78 is 35.2. The average molecular weight is 461 g/mol. The van der Waals surface area contributed by atoms with E-state index >= 15 is 0 Å². The smallest absolute Gasteiger partial charge is 0.243 e. The van der Waals surface area contributed by atoms with Crippen molar-refractivity contribution < 1.29 is 18.3 Å². The van der Waals surface area contributed by atoms with Crippen LogP contribution >= 0.6 is 0 Å². The fourth-order valence-corrected chi connectivity index (χ4v) is 5.31. The summed E-state index contributed by atoms with van der Waals surface area (Å²) in [7, 11) is 1.57. The number of piperazine rings is 1. The number of aliphatic hydroxyl groups excluding tert-OH is 1. The highest BCUT2D eigenvalue weighted by molar-refractivity contribution is 7.89. The minimum Gasteiger partial charge on any atom is -0.496 e. The molecule has 3 aromatic rings. The van der Waals surface area contributed by atoms with E-state index in [9.17, 15) is 13.5 Å². The van der Waals surface area contributed by atoms with Gasteiger partial charge in [0.05, 0.1) is 35.6 Å². The molecule has 0 aliphatic carbocycles. The maximum Gasteiger partial charge on any atom is 0.243 e. The third-order valence-corrected chi connectivity index (χ3v) is 7.72. The average Bonchev–Trinajstić information content (AvgIpc) is 3.18. The first-order valence-corrected chi connectivity index (χ1v) is 11.9. The zero-order chi connectivity index (χ0) is 23.0. The lowest BCUT2D eigenvalue weighted by atomic mass is 10.1. The number of nitrogens with zero attached hydrogens (tertiary/aromatic N) is 6. The molecule has 1 aliphatic heterocycles. The van der Waals surface area contributed by atoms with Gasteiger partial charge in [0.25, 0.3) is 0 Å². The molecule has 2 aromatic heterocycles. The van der Waals surface area contributed by atoms with Crippen molar-refractivity contribution in [2.45, 2.75) is 24.3 Å². The van der Waals surface area contributed by atoms with Gasteiger partial charge in [-0.2, -0.15) is 9.40 Å². The van der Waals surface area contributed by atoms with E-state index < -0.39 is 16.1 Å². The van der Waals surface area contributed by atoms with Crippen LogP contribution in [-0.2, 0) is 17.1 Å². The van der Waals surface area contributed by atoms with E-state index in [0.29, 0.717) is 60.6 Å². The molecule has 0 bridgehead atoms. The molecule has 3 heterocycles. The Morgan fingerprint density at radius 2 is 1.88 bits per heavy atom. The van der Waals surface area contributed by atoms with Crippen molar-refractivity contribution >= 4 is 21.1 Å². The van der Waals surface area contributed by atoms with Gasteiger partial charge in [-0.3, -0.25) is 4.68 Å². The molecule has 1 N–H and O–H groups in total. The fraction of sp³-hybridized carbons (Fsp3) is 0.476. The summed E-state index contributed by atoms with van der Waals surface area (Å²) >= 11 is 0. The molecule has 1 saturated heterocycles. The molecule has 1 aromatic carbocycles. The molecule has 1 fully saturated rings. The first-order valence-electron chi connectivity index (χ1n) is 10.5. The number of hydrogen-bond donors (Lipinski definition) is 1. The Labute approximate surface area is 187 Å². The Kier molecular flexibility index (Phi) is 6.17. The second-order valence-electron chi connectivity index (χ2n) is 7.93. The summed E-state index contributed by atoms with van der Waals surface area (Å²) in [5.41, 5.74) is 2.09. The molecule has 1 unspecified atom stereocenters. The first kappa shape index (κ1) is 22.6. The van der Waals surface area contributed by atoms with Gasteiger partial charge in [-0.05, 0) is 31.7 Å². The Hall–Kier alpha value is -2.60. The molecule has 1 atom stereocenters. The van der Waals surface area contributed by atoms with Gasteiger partial charge in [0.1, 0.15) is 16.8 Å². The number of sulfonamides is 1. The third kappa shape index (κ3) is 3.96. The summed E-state index contributed by atoms with van der Waals surface area (Å²) in [6.07, 6.45) is 1.26. The predicted molar refractivity (Wildman–Crippen MR) is 120 cm³/mol. The molecule has 1 aliphatic rings. The Balaban J connectivity index is 1.84. The number of aromatic nitrogens is 4. The number of ether oxygens (including phenoxy) is 1. The molecular formula is C21H28N6O4S. The number of aryl methyl sites for hydroxylation is 1. The molecule has 0 spiro atoms. The molecule has 32 heavy (non-hydrogen) atoms. The van der Waals surface area contributed by atoms with E-state index in [1.54, 1.807) is 36.1 Å². The Morgan fingerprint density at radius 1 is 1.16 bits per heavy atom. The van der Waals surface area contributed by atoms with Gasteiger partial charge in [0.15, 0.2) is 5.82 Å². The first-order chi connectivity index (χ1) is 15.3. The number of rotatable bonds is 6. The monoisotopic (exact) mass is 460 g/mol. The van der Waals surface area contributed by atoms with E-state index in [1.165, 1.54) is 11.4 Å². The number of likely N-dealkylation sites (N-methyl/N-ethyl adjacent to an activating group) is 1. The van der Waals surface area contributed by atoms with Crippen LogP contribution in [0.15, 0.2) is 29.3 Å². The highest BCUT2D eigenvalue weighted by Gasteiger charge is 2.29. The van der Waals surface area contributed by atoms with Crippen LogP contribution < -0.4 is 4.74 Å². The van der Waals surface area contributed by atoms with Crippen LogP contribution in [0.2, 0.25) is 0 Å². The Morgan fingerprint density at radius 3 is 2.53 bits per heavy atom. The maximum atomic E-state index is 13.3. The summed E-state index contributed by atoms with van der Waals surface area (Å²) in [6, 6.07) is 4.71. The van der Waals surface area contributed by atoms with Crippen LogP contribution in [0.4, 0.5) is 0 Å². The van der Waals surface area contributed by atoms with Crippen LogP contribution in [0.3, 0.4) is 0 Å². The largest absolute Gasteiger partial charge is 0.496 e. The van der Waals surface area contributed by atoms with Crippen LogP contribution in [-0.4, -0.2) is 82.8 Å². The maximum absolute atomic E-state index is 13.3. The quantitative estimate of drug-likeness (QED) is 0.588.